The summed E-state index contributed by atoms with van der Waals surface area (Å²) in [5.74, 6) is -0.672. The van der Waals surface area contributed by atoms with Crippen molar-refractivity contribution in [3.8, 4) is 0 Å². The number of anilines is 1. The number of thioether (sulfide) groups is 1. The van der Waals surface area contributed by atoms with Crippen LogP contribution >= 0.6 is 27.7 Å². The van der Waals surface area contributed by atoms with Gasteiger partial charge in [-0.1, -0.05) is 46.6 Å². The summed E-state index contributed by atoms with van der Waals surface area (Å²) in [5, 5.41) is 0.0801. The van der Waals surface area contributed by atoms with Gasteiger partial charge in [0, 0.05) is 10.4 Å². The number of aryl methyl sites for hydroxylation is 1. The third-order valence-corrected chi connectivity index (χ3v) is 6.55. The van der Waals surface area contributed by atoms with E-state index in [-0.39, 0.29) is 29.2 Å². The van der Waals surface area contributed by atoms with E-state index in [1.807, 2.05) is 26.0 Å². The van der Waals surface area contributed by atoms with Crippen molar-refractivity contribution in [2.24, 2.45) is 5.92 Å². The molecule has 2 rings (SSSR count). The molecule has 1 amide bonds. The lowest BCUT2D eigenvalue weighted by molar-refractivity contribution is -0.139. The standard InChI is InChI=1S/C19H24BrNO4S/c1-12-8-9-15(20)13(2)18(12)21(10-17(23)25-3)16(22)11-26-19(24)14-6-4-5-7-14/h8-9,14H,4-7,10-11H2,1-3H3. The monoisotopic (exact) mass is 441 g/mol. The molecule has 1 aromatic rings. The van der Waals surface area contributed by atoms with Crippen LogP contribution in [0, 0.1) is 19.8 Å². The van der Waals surface area contributed by atoms with Crippen molar-refractivity contribution in [1.29, 1.82) is 0 Å². The first kappa shape index (κ1) is 21.0. The van der Waals surface area contributed by atoms with E-state index >= 15 is 0 Å². The summed E-state index contributed by atoms with van der Waals surface area (Å²) in [6.45, 7) is 3.61. The molecule has 1 fully saturated rings. The maximum atomic E-state index is 12.9. The van der Waals surface area contributed by atoms with Gasteiger partial charge in [0.05, 0.1) is 18.6 Å². The Hall–Kier alpha value is -1.34. The highest BCUT2D eigenvalue weighted by atomic mass is 79.9. The fourth-order valence-corrected chi connectivity index (χ4v) is 4.41. The van der Waals surface area contributed by atoms with Gasteiger partial charge in [-0.25, -0.2) is 0 Å². The number of methoxy groups -OCH3 is 1. The van der Waals surface area contributed by atoms with Crippen LogP contribution in [-0.4, -0.2) is 36.4 Å². The molecule has 1 saturated carbocycles. The van der Waals surface area contributed by atoms with E-state index in [2.05, 4.69) is 15.9 Å². The Morgan fingerprint density at radius 2 is 1.88 bits per heavy atom. The second-order valence-electron chi connectivity index (χ2n) is 6.48. The van der Waals surface area contributed by atoms with Crippen molar-refractivity contribution >= 4 is 50.4 Å². The summed E-state index contributed by atoms with van der Waals surface area (Å²) in [7, 11) is 1.30. The van der Waals surface area contributed by atoms with Crippen molar-refractivity contribution in [2.75, 3.05) is 24.3 Å². The average Bonchev–Trinajstić information content (AvgIpc) is 3.16. The van der Waals surface area contributed by atoms with E-state index in [4.69, 9.17) is 4.74 Å². The Bertz CT molecular complexity index is 701. The van der Waals surface area contributed by atoms with Crippen molar-refractivity contribution < 1.29 is 19.1 Å². The molecule has 0 unspecified atom stereocenters. The first-order valence-corrected chi connectivity index (χ1v) is 10.4. The Morgan fingerprint density at radius 1 is 1.23 bits per heavy atom. The van der Waals surface area contributed by atoms with Gasteiger partial charge >= 0.3 is 5.97 Å². The van der Waals surface area contributed by atoms with Crippen molar-refractivity contribution in [2.45, 2.75) is 39.5 Å². The van der Waals surface area contributed by atoms with Gasteiger partial charge in [0.2, 0.25) is 5.91 Å². The van der Waals surface area contributed by atoms with Crippen LogP contribution in [-0.2, 0) is 19.1 Å². The molecule has 0 aliphatic heterocycles. The summed E-state index contributed by atoms with van der Waals surface area (Å²) in [6.07, 6.45) is 3.98. The Morgan fingerprint density at radius 3 is 2.50 bits per heavy atom. The zero-order valence-corrected chi connectivity index (χ0v) is 17.7. The smallest absolute Gasteiger partial charge is 0.325 e. The highest BCUT2D eigenvalue weighted by molar-refractivity contribution is 9.10. The molecule has 0 saturated heterocycles. The second kappa shape index (κ2) is 9.55. The summed E-state index contributed by atoms with van der Waals surface area (Å²) >= 11 is 4.54. The predicted octanol–water partition coefficient (Wildman–Crippen LogP) is 4.02. The van der Waals surface area contributed by atoms with Crippen LogP contribution < -0.4 is 4.90 Å². The minimum Gasteiger partial charge on any atom is -0.468 e. The van der Waals surface area contributed by atoms with E-state index in [1.54, 1.807) is 0 Å². The quantitative estimate of drug-likeness (QED) is 0.623. The van der Waals surface area contributed by atoms with Crippen LogP contribution in [0.3, 0.4) is 0 Å². The third-order valence-electron chi connectivity index (χ3n) is 4.68. The molecule has 5 nitrogen and oxygen atoms in total. The molecular weight excluding hydrogens is 418 g/mol. The van der Waals surface area contributed by atoms with Gasteiger partial charge < -0.3 is 4.74 Å². The van der Waals surface area contributed by atoms with Gasteiger partial charge in [-0.05, 0) is 43.9 Å². The Kier molecular flexibility index (Phi) is 7.70. The molecule has 0 bridgehead atoms. The zero-order chi connectivity index (χ0) is 19.3. The number of carbonyl (C=O) groups excluding carboxylic acids is 3. The average molecular weight is 442 g/mol. The topological polar surface area (TPSA) is 63.7 Å². The van der Waals surface area contributed by atoms with Gasteiger partial charge in [-0.15, -0.1) is 0 Å². The van der Waals surface area contributed by atoms with Crippen molar-refractivity contribution in [3.63, 3.8) is 0 Å². The first-order valence-electron chi connectivity index (χ1n) is 8.64. The van der Waals surface area contributed by atoms with Crippen LogP contribution in [0.25, 0.3) is 0 Å². The van der Waals surface area contributed by atoms with Crippen LogP contribution in [0.5, 0.6) is 0 Å². The molecule has 7 heteroatoms. The lowest BCUT2D eigenvalue weighted by Gasteiger charge is -2.26. The number of rotatable bonds is 6. The minimum atomic E-state index is -0.496. The molecule has 1 aliphatic carbocycles. The van der Waals surface area contributed by atoms with Gasteiger partial charge in [0.25, 0.3) is 0 Å². The molecule has 0 heterocycles. The number of ether oxygens (including phenoxy) is 1. The molecule has 26 heavy (non-hydrogen) atoms. The normalized spacial score (nSPS) is 14.3. The highest BCUT2D eigenvalue weighted by Gasteiger charge is 2.27. The van der Waals surface area contributed by atoms with Gasteiger partial charge in [-0.3, -0.25) is 19.3 Å². The fraction of sp³-hybridized carbons (Fsp3) is 0.526. The van der Waals surface area contributed by atoms with E-state index in [0.717, 1.165) is 53.0 Å². The molecule has 0 N–H and O–H groups in total. The first-order chi connectivity index (χ1) is 12.3. The number of esters is 1. The highest BCUT2D eigenvalue weighted by Crippen LogP contribution is 2.32. The molecule has 1 aliphatic rings. The minimum absolute atomic E-state index is 0.0255. The maximum Gasteiger partial charge on any atom is 0.325 e. The molecule has 1 aromatic carbocycles. The van der Waals surface area contributed by atoms with Crippen molar-refractivity contribution in [1.82, 2.24) is 0 Å². The second-order valence-corrected chi connectivity index (χ2v) is 8.32. The fourth-order valence-electron chi connectivity index (χ4n) is 3.20. The van der Waals surface area contributed by atoms with E-state index in [1.165, 1.54) is 12.0 Å². The number of carbonyl (C=O) groups is 3. The zero-order valence-electron chi connectivity index (χ0n) is 15.3. The molecule has 142 valence electrons. The van der Waals surface area contributed by atoms with Crippen molar-refractivity contribution in [3.05, 3.63) is 27.7 Å². The van der Waals surface area contributed by atoms with E-state index in [9.17, 15) is 14.4 Å². The summed E-state index contributed by atoms with van der Waals surface area (Å²) in [6, 6.07) is 3.80. The number of benzene rings is 1. The molecule has 0 spiro atoms. The van der Waals surface area contributed by atoms with Crippen LogP contribution in [0.1, 0.15) is 36.8 Å². The summed E-state index contributed by atoms with van der Waals surface area (Å²) < 4.78 is 5.61. The van der Waals surface area contributed by atoms with Crippen LogP contribution in [0.2, 0.25) is 0 Å². The lowest BCUT2D eigenvalue weighted by atomic mass is 10.1. The third kappa shape index (κ3) is 5.10. The SMILES string of the molecule is COC(=O)CN(C(=O)CSC(=O)C1CCCC1)c1c(C)ccc(Br)c1C. The largest absolute Gasteiger partial charge is 0.468 e. The lowest BCUT2D eigenvalue weighted by Crippen LogP contribution is -2.38. The Balaban J connectivity index is 2.19. The number of nitrogens with zero attached hydrogens (tertiary/aromatic N) is 1. The summed E-state index contributed by atoms with van der Waals surface area (Å²) in [4.78, 5) is 38.4. The number of halogens is 1. The van der Waals surface area contributed by atoms with Crippen LogP contribution in [0.4, 0.5) is 5.69 Å². The Labute approximate surface area is 167 Å². The molecule has 0 aromatic heterocycles. The number of hydrogen-bond donors (Lipinski definition) is 0. The van der Waals surface area contributed by atoms with Gasteiger partial charge in [0.1, 0.15) is 6.54 Å². The predicted molar refractivity (Wildman–Crippen MR) is 107 cm³/mol. The summed E-state index contributed by atoms with van der Waals surface area (Å²) in [5.41, 5.74) is 2.44. The molecule has 0 radical (unpaired) electrons. The number of amides is 1. The maximum absolute atomic E-state index is 12.9. The number of hydrogen-bond acceptors (Lipinski definition) is 5. The molecule has 0 atom stereocenters. The van der Waals surface area contributed by atoms with Gasteiger partial charge in [-0.2, -0.15) is 0 Å². The van der Waals surface area contributed by atoms with Crippen LogP contribution in [0.15, 0.2) is 16.6 Å². The molecular formula is C19H24BrNO4S. The van der Waals surface area contributed by atoms with E-state index < -0.39 is 5.97 Å². The van der Waals surface area contributed by atoms with E-state index in [0.29, 0.717) is 5.69 Å². The van der Waals surface area contributed by atoms with Gasteiger partial charge in [0.15, 0.2) is 5.12 Å².